The molecule has 1 saturated carbocycles. The lowest BCUT2D eigenvalue weighted by Crippen LogP contribution is -2.35. The van der Waals surface area contributed by atoms with Crippen molar-refractivity contribution >= 4 is 23.2 Å². The van der Waals surface area contributed by atoms with Crippen molar-refractivity contribution in [2.24, 2.45) is 5.41 Å². The molecule has 4 nitrogen and oxygen atoms in total. The van der Waals surface area contributed by atoms with Gasteiger partial charge in [0.1, 0.15) is 5.41 Å². The van der Waals surface area contributed by atoms with Gasteiger partial charge in [-0.25, -0.2) is 8.78 Å². The van der Waals surface area contributed by atoms with Crippen LogP contribution in [0.1, 0.15) is 39.2 Å². The van der Waals surface area contributed by atoms with E-state index in [9.17, 15) is 18.4 Å². The van der Waals surface area contributed by atoms with Gasteiger partial charge >= 0.3 is 0 Å². The summed E-state index contributed by atoms with van der Waals surface area (Å²) in [6.45, 7) is 6.30. The predicted octanol–water partition coefficient (Wildman–Crippen LogP) is 4.62. The second-order valence-electron chi connectivity index (χ2n) is 7.95. The van der Waals surface area contributed by atoms with Crippen LogP contribution >= 0.6 is 0 Å². The molecule has 27 heavy (non-hydrogen) atoms. The van der Waals surface area contributed by atoms with E-state index in [4.69, 9.17) is 0 Å². The maximum Gasteiger partial charge on any atom is 0.240 e. The van der Waals surface area contributed by atoms with Gasteiger partial charge in [-0.2, -0.15) is 0 Å². The second-order valence-corrected chi connectivity index (χ2v) is 7.95. The molecule has 0 radical (unpaired) electrons. The maximum atomic E-state index is 13.3. The number of hydrogen-bond acceptors (Lipinski definition) is 2. The molecule has 6 heteroatoms. The molecule has 0 bridgehead atoms. The van der Waals surface area contributed by atoms with Gasteiger partial charge in [-0.15, -0.1) is 0 Å². The van der Waals surface area contributed by atoms with Gasteiger partial charge in [0, 0.05) is 17.4 Å². The van der Waals surface area contributed by atoms with Crippen molar-refractivity contribution in [1.82, 2.24) is 0 Å². The van der Waals surface area contributed by atoms with Crippen LogP contribution in [-0.4, -0.2) is 11.8 Å². The Morgan fingerprint density at radius 3 is 1.85 bits per heavy atom. The molecule has 0 atom stereocenters. The van der Waals surface area contributed by atoms with Crippen LogP contribution in [0.15, 0.2) is 42.5 Å². The number of halogens is 2. The van der Waals surface area contributed by atoms with E-state index < -0.39 is 28.9 Å². The lowest BCUT2D eigenvalue weighted by atomic mass is 9.87. The highest BCUT2D eigenvalue weighted by Gasteiger charge is 2.56. The SMILES string of the molecule is CC(C)(C)c1ccc(NC(=O)C2(C(=O)Nc3ccc(F)c(F)c3)CC2)cc1. The summed E-state index contributed by atoms with van der Waals surface area (Å²) in [4.78, 5) is 25.1. The Bertz CT molecular complexity index is 882. The molecule has 0 unspecified atom stereocenters. The minimum absolute atomic E-state index is 0.00454. The van der Waals surface area contributed by atoms with Gasteiger partial charge < -0.3 is 10.6 Å². The van der Waals surface area contributed by atoms with Crippen molar-refractivity contribution in [2.75, 3.05) is 10.6 Å². The minimum Gasteiger partial charge on any atom is -0.325 e. The molecule has 2 amide bonds. The first-order chi connectivity index (χ1) is 12.6. The Morgan fingerprint density at radius 1 is 0.852 bits per heavy atom. The summed E-state index contributed by atoms with van der Waals surface area (Å²) in [5.74, 6) is -2.96. The zero-order chi connectivity index (χ0) is 19.8. The number of amides is 2. The molecular formula is C21H22F2N2O2. The fourth-order valence-corrected chi connectivity index (χ4v) is 2.81. The number of rotatable bonds is 4. The van der Waals surface area contributed by atoms with E-state index >= 15 is 0 Å². The third kappa shape index (κ3) is 3.99. The predicted molar refractivity (Wildman–Crippen MR) is 100 cm³/mol. The number of carbonyl (C=O) groups is 2. The monoisotopic (exact) mass is 372 g/mol. The molecular weight excluding hydrogens is 350 g/mol. The van der Waals surface area contributed by atoms with Crippen LogP contribution in [0.5, 0.6) is 0 Å². The van der Waals surface area contributed by atoms with Gasteiger partial charge in [0.2, 0.25) is 11.8 Å². The standard InChI is InChI=1S/C21H22F2N2O2/c1-20(2,3)13-4-6-14(7-5-13)24-18(26)21(10-11-21)19(27)25-15-8-9-16(22)17(23)12-15/h4-9,12H,10-11H2,1-3H3,(H,24,26)(H,25,27). The average Bonchev–Trinajstić information content (AvgIpc) is 3.40. The number of carbonyl (C=O) groups excluding carboxylic acids is 2. The summed E-state index contributed by atoms with van der Waals surface area (Å²) in [6, 6.07) is 10.6. The van der Waals surface area contributed by atoms with E-state index in [1.54, 1.807) is 0 Å². The van der Waals surface area contributed by atoms with Crippen molar-refractivity contribution in [1.29, 1.82) is 0 Å². The lowest BCUT2D eigenvalue weighted by Gasteiger charge is -2.20. The topological polar surface area (TPSA) is 58.2 Å². The third-order valence-corrected chi connectivity index (χ3v) is 4.81. The summed E-state index contributed by atoms with van der Waals surface area (Å²) in [6.07, 6.45) is 0.822. The van der Waals surface area contributed by atoms with Gasteiger partial charge in [-0.05, 0) is 48.1 Å². The van der Waals surface area contributed by atoms with Crippen molar-refractivity contribution in [3.05, 3.63) is 59.7 Å². The molecule has 142 valence electrons. The van der Waals surface area contributed by atoms with E-state index in [0.717, 1.165) is 17.7 Å². The van der Waals surface area contributed by atoms with Gasteiger partial charge in [0.15, 0.2) is 11.6 Å². The summed E-state index contributed by atoms with van der Waals surface area (Å²) in [7, 11) is 0. The molecule has 2 N–H and O–H groups in total. The highest BCUT2D eigenvalue weighted by Crippen LogP contribution is 2.47. The van der Waals surface area contributed by atoms with Crippen LogP contribution in [0.3, 0.4) is 0 Å². The molecule has 0 aromatic heterocycles. The Hall–Kier alpha value is -2.76. The first kappa shape index (κ1) is 19.0. The van der Waals surface area contributed by atoms with Crippen LogP contribution in [0, 0.1) is 17.0 Å². The van der Waals surface area contributed by atoms with E-state index in [-0.39, 0.29) is 11.1 Å². The van der Waals surface area contributed by atoms with Crippen LogP contribution in [-0.2, 0) is 15.0 Å². The summed E-state index contributed by atoms with van der Waals surface area (Å²) in [5.41, 5.74) is 0.697. The quantitative estimate of drug-likeness (QED) is 0.770. The zero-order valence-corrected chi connectivity index (χ0v) is 15.5. The van der Waals surface area contributed by atoms with E-state index in [2.05, 4.69) is 31.4 Å². The second kappa shape index (κ2) is 6.76. The maximum absolute atomic E-state index is 13.3. The smallest absolute Gasteiger partial charge is 0.240 e. The van der Waals surface area contributed by atoms with Gasteiger partial charge in [-0.1, -0.05) is 32.9 Å². The van der Waals surface area contributed by atoms with Crippen LogP contribution < -0.4 is 10.6 Å². The number of nitrogens with one attached hydrogen (secondary N) is 2. The molecule has 3 rings (SSSR count). The van der Waals surface area contributed by atoms with Gasteiger partial charge in [0.05, 0.1) is 0 Å². The van der Waals surface area contributed by atoms with Gasteiger partial charge in [0.25, 0.3) is 0 Å². The fraction of sp³-hybridized carbons (Fsp3) is 0.333. The normalized spacial score (nSPS) is 15.1. The number of hydrogen-bond donors (Lipinski definition) is 2. The molecule has 2 aromatic rings. The lowest BCUT2D eigenvalue weighted by molar-refractivity contribution is -0.131. The fourth-order valence-electron chi connectivity index (χ4n) is 2.81. The molecule has 0 spiro atoms. The Balaban J connectivity index is 1.68. The Morgan fingerprint density at radius 2 is 1.37 bits per heavy atom. The number of anilines is 2. The van der Waals surface area contributed by atoms with Crippen LogP contribution in [0.4, 0.5) is 20.2 Å². The molecule has 1 aliphatic carbocycles. The summed E-state index contributed by atoms with van der Waals surface area (Å²) >= 11 is 0. The molecule has 1 fully saturated rings. The molecule has 0 saturated heterocycles. The zero-order valence-electron chi connectivity index (χ0n) is 15.5. The first-order valence-corrected chi connectivity index (χ1v) is 8.80. The average molecular weight is 372 g/mol. The number of benzene rings is 2. The van der Waals surface area contributed by atoms with Gasteiger partial charge in [-0.3, -0.25) is 9.59 Å². The molecule has 0 heterocycles. The highest BCUT2D eigenvalue weighted by atomic mass is 19.2. The summed E-state index contributed by atoms with van der Waals surface area (Å²) < 4.78 is 26.3. The third-order valence-electron chi connectivity index (χ3n) is 4.81. The minimum atomic E-state index is -1.17. The van der Waals surface area contributed by atoms with E-state index in [1.165, 1.54) is 6.07 Å². The van der Waals surface area contributed by atoms with E-state index in [0.29, 0.717) is 18.5 Å². The van der Waals surface area contributed by atoms with Crippen molar-refractivity contribution in [3.63, 3.8) is 0 Å². The molecule has 2 aromatic carbocycles. The van der Waals surface area contributed by atoms with Crippen molar-refractivity contribution in [2.45, 2.75) is 39.0 Å². The van der Waals surface area contributed by atoms with Crippen LogP contribution in [0.2, 0.25) is 0 Å². The molecule has 0 aliphatic heterocycles. The largest absolute Gasteiger partial charge is 0.325 e. The highest BCUT2D eigenvalue weighted by molar-refractivity contribution is 6.16. The Labute approximate surface area is 157 Å². The van der Waals surface area contributed by atoms with E-state index in [1.807, 2.05) is 24.3 Å². The van der Waals surface area contributed by atoms with Crippen LogP contribution in [0.25, 0.3) is 0 Å². The molecule has 1 aliphatic rings. The Kier molecular flexibility index (Phi) is 4.76. The van der Waals surface area contributed by atoms with Crippen molar-refractivity contribution in [3.8, 4) is 0 Å². The first-order valence-electron chi connectivity index (χ1n) is 8.80. The summed E-state index contributed by atoms with van der Waals surface area (Å²) in [5, 5.41) is 5.28. The van der Waals surface area contributed by atoms with Crippen molar-refractivity contribution < 1.29 is 18.4 Å².